The average molecular weight is 350 g/mol. The van der Waals surface area contributed by atoms with Crippen molar-refractivity contribution in [3.63, 3.8) is 0 Å². The fourth-order valence-electron chi connectivity index (χ4n) is 2.01. The number of hydrogen-bond acceptors (Lipinski definition) is 4. The molecule has 0 aliphatic carbocycles. The third-order valence-electron chi connectivity index (χ3n) is 3.28. The molecule has 0 unspecified atom stereocenters. The van der Waals surface area contributed by atoms with Crippen LogP contribution in [-0.4, -0.2) is 45.2 Å². The molecule has 7 nitrogen and oxygen atoms in total. The molecular formula is C18H30N4O3. The van der Waals surface area contributed by atoms with E-state index < -0.39 is 0 Å². The summed E-state index contributed by atoms with van der Waals surface area (Å²) in [5.74, 6) is 2.02. The van der Waals surface area contributed by atoms with E-state index in [2.05, 4.69) is 20.9 Å². The number of hydrogen-bond donors (Lipinski definition) is 3. The molecule has 0 radical (unpaired) electrons. The number of guanidine groups is 1. The number of carbonyl (C=O) groups is 1. The Balaban J connectivity index is 2.70. The number of amides is 1. The topological polar surface area (TPSA) is 84.0 Å². The van der Waals surface area contributed by atoms with Gasteiger partial charge < -0.3 is 25.4 Å². The van der Waals surface area contributed by atoms with Crippen molar-refractivity contribution in [2.24, 2.45) is 10.9 Å². The average Bonchev–Trinajstić information content (AvgIpc) is 2.59. The lowest BCUT2D eigenvalue weighted by Gasteiger charge is -2.14. The van der Waals surface area contributed by atoms with Crippen LogP contribution in [-0.2, 0) is 4.79 Å². The first-order valence-electron chi connectivity index (χ1n) is 8.65. The summed E-state index contributed by atoms with van der Waals surface area (Å²) in [5.41, 5.74) is 0.839. The van der Waals surface area contributed by atoms with Crippen molar-refractivity contribution in [3.05, 3.63) is 18.2 Å². The smallest absolute Gasteiger partial charge is 0.222 e. The highest BCUT2D eigenvalue weighted by Crippen LogP contribution is 2.30. The molecule has 1 aromatic carbocycles. The van der Waals surface area contributed by atoms with Crippen LogP contribution in [0, 0.1) is 5.92 Å². The first kappa shape index (κ1) is 20.6. The SMILES string of the molecule is CCNC(=NCCNC(=O)C(C)C)Nc1ccc(OCC)c(OC)c1. The minimum atomic E-state index is -0.0216. The number of methoxy groups -OCH3 is 1. The molecule has 0 bridgehead atoms. The van der Waals surface area contributed by atoms with E-state index in [1.807, 2.05) is 45.9 Å². The Labute approximate surface area is 150 Å². The van der Waals surface area contributed by atoms with Crippen LogP contribution in [0.15, 0.2) is 23.2 Å². The third-order valence-corrected chi connectivity index (χ3v) is 3.28. The first-order valence-corrected chi connectivity index (χ1v) is 8.65. The molecule has 0 saturated carbocycles. The zero-order valence-corrected chi connectivity index (χ0v) is 15.8. The fourth-order valence-corrected chi connectivity index (χ4v) is 2.01. The van der Waals surface area contributed by atoms with E-state index in [-0.39, 0.29) is 11.8 Å². The van der Waals surface area contributed by atoms with Gasteiger partial charge in [0.1, 0.15) is 0 Å². The van der Waals surface area contributed by atoms with Gasteiger partial charge in [0.25, 0.3) is 0 Å². The van der Waals surface area contributed by atoms with Gasteiger partial charge in [-0.2, -0.15) is 0 Å². The monoisotopic (exact) mass is 350 g/mol. The van der Waals surface area contributed by atoms with Crippen molar-refractivity contribution in [1.29, 1.82) is 0 Å². The van der Waals surface area contributed by atoms with Crippen LogP contribution in [0.2, 0.25) is 0 Å². The number of benzene rings is 1. The summed E-state index contributed by atoms with van der Waals surface area (Å²) >= 11 is 0. The number of carbonyl (C=O) groups excluding carboxylic acids is 1. The molecule has 0 heterocycles. The van der Waals surface area contributed by atoms with Crippen LogP contribution < -0.4 is 25.4 Å². The maximum absolute atomic E-state index is 11.5. The van der Waals surface area contributed by atoms with Crippen LogP contribution in [0.4, 0.5) is 5.69 Å². The Morgan fingerprint density at radius 2 is 1.96 bits per heavy atom. The van der Waals surface area contributed by atoms with Crippen molar-refractivity contribution < 1.29 is 14.3 Å². The molecule has 1 rings (SSSR count). The fraction of sp³-hybridized carbons (Fsp3) is 0.556. The lowest BCUT2D eigenvalue weighted by molar-refractivity contribution is -0.123. The molecule has 0 fully saturated rings. The van der Waals surface area contributed by atoms with Crippen LogP contribution in [0.5, 0.6) is 11.5 Å². The van der Waals surface area contributed by atoms with E-state index in [0.717, 1.165) is 12.2 Å². The molecule has 0 aliphatic rings. The molecule has 0 atom stereocenters. The van der Waals surface area contributed by atoms with Gasteiger partial charge in [-0.15, -0.1) is 0 Å². The van der Waals surface area contributed by atoms with Crippen molar-refractivity contribution >= 4 is 17.6 Å². The quantitative estimate of drug-likeness (QED) is 0.361. The summed E-state index contributed by atoms with van der Waals surface area (Å²) < 4.78 is 10.9. The second kappa shape index (κ2) is 11.2. The highest BCUT2D eigenvalue weighted by atomic mass is 16.5. The largest absolute Gasteiger partial charge is 0.493 e. The second-order valence-electron chi connectivity index (χ2n) is 5.63. The predicted octanol–water partition coefficient (Wildman–Crippen LogP) is 2.24. The summed E-state index contributed by atoms with van der Waals surface area (Å²) in [6.45, 7) is 9.96. The number of aliphatic imine (C=N–C) groups is 1. The molecule has 1 aromatic rings. The number of ether oxygens (including phenoxy) is 2. The second-order valence-corrected chi connectivity index (χ2v) is 5.63. The van der Waals surface area contributed by atoms with Crippen LogP contribution in [0.3, 0.4) is 0 Å². The Bertz CT molecular complexity index is 573. The van der Waals surface area contributed by atoms with Gasteiger partial charge in [-0.05, 0) is 26.0 Å². The molecule has 25 heavy (non-hydrogen) atoms. The lowest BCUT2D eigenvalue weighted by atomic mass is 10.2. The molecule has 3 N–H and O–H groups in total. The molecule has 7 heteroatoms. The minimum Gasteiger partial charge on any atom is -0.493 e. The maximum atomic E-state index is 11.5. The van der Waals surface area contributed by atoms with Crippen molar-refractivity contribution in [2.45, 2.75) is 27.7 Å². The number of nitrogens with zero attached hydrogens (tertiary/aromatic N) is 1. The van der Waals surface area contributed by atoms with Gasteiger partial charge in [-0.25, -0.2) is 0 Å². The minimum absolute atomic E-state index is 0.0216. The third kappa shape index (κ3) is 7.32. The zero-order valence-electron chi connectivity index (χ0n) is 15.8. The molecule has 0 aromatic heterocycles. The van der Waals surface area contributed by atoms with Crippen LogP contribution >= 0.6 is 0 Å². The van der Waals surface area contributed by atoms with Crippen molar-refractivity contribution in [3.8, 4) is 11.5 Å². The highest BCUT2D eigenvalue weighted by molar-refractivity contribution is 5.94. The van der Waals surface area contributed by atoms with Gasteiger partial charge in [-0.1, -0.05) is 13.8 Å². The molecule has 140 valence electrons. The van der Waals surface area contributed by atoms with Gasteiger partial charge in [0.15, 0.2) is 17.5 Å². The zero-order chi connectivity index (χ0) is 18.7. The van der Waals surface area contributed by atoms with Gasteiger partial charge in [-0.3, -0.25) is 9.79 Å². The molecule has 1 amide bonds. The summed E-state index contributed by atoms with van der Waals surface area (Å²) in [4.78, 5) is 16.0. The Morgan fingerprint density at radius 3 is 2.56 bits per heavy atom. The maximum Gasteiger partial charge on any atom is 0.222 e. The van der Waals surface area contributed by atoms with Crippen LogP contribution in [0.25, 0.3) is 0 Å². The normalized spacial score (nSPS) is 11.2. The molecule has 0 saturated heterocycles. The van der Waals surface area contributed by atoms with E-state index >= 15 is 0 Å². The van der Waals surface area contributed by atoms with Gasteiger partial charge in [0, 0.05) is 30.8 Å². The van der Waals surface area contributed by atoms with Crippen LogP contribution in [0.1, 0.15) is 27.7 Å². The summed E-state index contributed by atoms with van der Waals surface area (Å²) in [6.07, 6.45) is 0. The Morgan fingerprint density at radius 1 is 1.20 bits per heavy atom. The Kier molecular flexibility index (Phi) is 9.21. The summed E-state index contributed by atoms with van der Waals surface area (Å²) in [5, 5.41) is 9.24. The Hall–Kier alpha value is -2.44. The van der Waals surface area contributed by atoms with E-state index in [9.17, 15) is 4.79 Å². The van der Waals surface area contributed by atoms with Gasteiger partial charge in [0.05, 0.1) is 20.3 Å². The standard InChI is InChI=1S/C18H30N4O3/c1-6-19-18(21-11-10-20-17(23)13(3)4)22-14-8-9-15(25-7-2)16(12-14)24-5/h8-9,12-13H,6-7,10-11H2,1-5H3,(H,20,23)(H2,19,21,22). The van der Waals surface area contributed by atoms with Crippen molar-refractivity contribution in [2.75, 3.05) is 38.7 Å². The lowest BCUT2D eigenvalue weighted by Crippen LogP contribution is -2.33. The predicted molar refractivity (Wildman–Crippen MR) is 102 cm³/mol. The van der Waals surface area contributed by atoms with E-state index in [0.29, 0.717) is 37.2 Å². The first-order chi connectivity index (χ1) is 12.0. The molecule has 0 aliphatic heterocycles. The number of anilines is 1. The van der Waals surface area contributed by atoms with Gasteiger partial charge in [0.2, 0.25) is 5.91 Å². The van der Waals surface area contributed by atoms with Gasteiger partial charge >= 0.3 is 0 Å². The highest BCUT2D eigenvalue weighted by Gasteiger charge is 2.07. The molecular weight excluding hydrogens is 320 g/mol. The number of rotatable bonds is 9. The van der Waals surface area contributed by atoms with E-state index in [1.165, 1.54) is 0 Å². The van der Waals surface area contributed by atoms with E-state index in [1.54, 1.807) is 7.11 Å². The summed E-state index contributed by atoms with van der Waals surface area (Å²) in [7, 11) is 1.61. The van der Waals surface area contributed by atoms with Crippen molar-refractivity contribution in [1.82, 2.24) is 10.6 Å². The number of nitrogens with one attached hydrogen (secondary N) is 3. The van der Waals surface area contributed by atoms with E-state index in [4.69, 9.17) is 9.47 Å². The summed E-state index contributed by atoms with van der Waals surface area (Å²) in [6, 6.07) is 5.62. The molecule has 0 spiro atoms.